The highest BCUT2D eigenvalue weighted by atomic mass is 16.6. The molecule has 1 aliphatic carbocycles. The van der Waals surface area contributed by atoms with Crippen molar-refractivity contribution in [2.45, 2.75) is 25.4 Å². The van der Waals surface area contributed by atoms with Gasteiger partial charge in [-0.3, -0.25) is 14.9 Å². The highest BCUT2D eigenvalue weighted by molar-refractivity contribution is 6.03. The van der Waals surface area contributed by atoms with Crippen LogP contribution in [0, 0.1) is 16.0 Å². The van der Waals surface area contributed by atoms with Gasteiger partial charge in [0.25, 0.3) is 11.6 Å². The molecule has 7 heteroatoms. The minimum atomic E-state index is -0.629. The summed E-state index contributed by atoms with van der Waals surface area (Å²) in [5.41, 5.74) is 5.30. The van der Waals surface area contributed by atoms with E-state index in [1.807, 2.05) is 0 Å². The molecule has 0 aliphatic heterocycles. The minimum absolute atomic E-state index is 0.00272. The van der Waals surface area contributed by atoms with E-state index in [4.69, 9.17) is 5.73 Å². The maximum absolute atomic E-state index is 12.1. The number of benzene rings is 1. The molecule has 0 spiro atoms. The Bertz CT molecular complexity index is 532. The van der Waals surface area contributed by atoms with E-state index in [1.54, 1.807) is 0 Å². The van der Waals surface area contributed by atoms with Gasteiger partial charge in [0, 0.05) is 18.5 Å². The Hall–Kier alpha value is -2.15. The number of aliphatic hydroxyl groups excluding tert-OH is 1. The van der Waals surface area contributed by atoms with E-state index in [0.717, 1.165) is 19.3 Å². The van der Waals surface area contributed by atoms with E-state index in [2.05, 4.69) is 5.32 Å². The third kappa shape index (κ3) is 2.88. The van der Waals surface area contributed by atoms with Gasteiger partial charge in [0.2, 0.25) is 0 Å². The van der Waals surface area contributed by atoms with E-state index < -0.39 is 16.9 Å². The van der Waals surface area contributed by atoms with Crippen molar-refractivity contribution in [3.63, 3.8) is 0 Å². The molecule has 7 nitrogen and oxygen atoms in total. The Kier molecular flexibility index (Phi) is 4.19. The van der Waals surface area contributed by atoms with Crippen molar-refractivity contribution in [3.05, 3.63) is 33.9 Å². The summed E-state index contributed by atoms with van der Waals surface area (Å²) in [6.45, 7) is 0.297. The highest BCUT2D eigenvalue weighted by Crippen LogP contribution is 2.26. The van der Waals surface area contributed by atoms with Crippen LogP contribution in [0.2, 0.25) is 0 Å². The standard InChI is InChI=1S/C13H17N3O4/c14-9-4-2-5-10(16(19)20)12(9)13(18)15-7-8-3-1-6-11(8)17/h2,4-5,8,11,17H,1,3,6-7,14H2,(H,15,18). The van der Waals surface area contributed by atoms with E-state index in [9.17, 15) is 20.0 Å². The average molecular weight is 279 g/mol. The summed E-state index contributed by atoms with van der Waals surface area (Å²) in [6, 6.07) is 4.13. The molecule has 1 aromatic rings. The molecule has 0 heterocycles. The number of carbonyl (C=O) groups is 1. The molecule has 20 heavy (non-hydrogen) atoms. The first-order valence-corrected chi connectivity index (χ1v) is 6.50. The highest BCUT2D eigenvalue weighted by Gasteiger charge is 2.27. The van der Waals surface area contributed by atoms with Crippen LogP contribution in [0.5, 0.6) is 0 Å². The zero-order chi connectivity index (χ0) is 14.7. The number of carbonyl (C=O) groups excluding carboxylic acids is 1. The maximum Gasteiger partial charge on any atom is 0.284 e. The SMILES string of the molecule is Nc1cccc([N+](=O)[O-])c1C(=O)NCC1CCCC1O. The van der Waals surface area contributed by atoms with Gasteiger partial charge in [-0.15, -0.1) is 0 Å². The number of hydrogen-bond acceptors (Lipinski definition) is 5. The summed E-state index contributed by atoms with van der Waals surface area (Å²) in [5.74, 6) is -0.572. The third-order valence-electron chi connectivity index (χ3n) is 3.64. The lowest BCUT2D eigenvalue weighted by atomic mass is 10.1. The quantitative estimate of drug-likeness (QED) is 0.432. The minimum Gasteiger partial charge on any atom is -0.398 e. The number of nitro groups is 1. The summed E-state index contributed by atoms with van der Waals surface area (Å²) in [4.78, 5) is 22.4. The van der Waals surface area contributed by atoms with E-state index in [1.165, 1.54) is 18.2 Å². The van der Waals surface area contributed by atoms with E-state index in [-0.39, 0.29) is 22.9 Å². The largest absolute Gasteiger partial charge is 0.398 e. The molecule has 2 unspecified atom stereocenters. The van der Waals surface area contributed by atoms with Crippen molar-refractivity contribution in [2.75, 3.05) is 12.3 Å². The summed E-state index contributed by atoms with van der Waals surface area (Å²) >= 11 is 0. The number of nitrogen functional groups attached to an aromatic ring is 1. The predicted octanol–water partition coefficient (Wildman–Crippen LogP) is 1.07. The number of rotatable bonds is 4. The molecule has 1 aliphatic rings. The molecule has 1 saturated carbocycles. The Morgan fingerprint density at radius 2 is 2.25 bits per heavy atom. The second-order valence-corrected chi connectivity index (χ2v) is 4.97. The lowest BCUT2D eigenvalue weighted by molar-refractivity contribution is -0.385. The molecule has 1 fully saturated rings. The number of nitrogens with one attached hydrogen (secondary N) is 1. The van der Waals surface area contributed by atoms with Crippen molar-refractivity contribution in [3.8, 4) is 0 Å². The van der Waals surface area contributed by atoms with E-state index >= 15 is 0 Å². The van der Waals surface area contributed by atoms with Crippen LogP contribution in [0.4, 0.5) is 11.4 Å². The van der Waals surface area contributed by atoms with Crippen LogP contribution in [0.15, 0.2) is 18.2 Å². The summed E-state index contributed by atoms with van der Waals surface area (Å²) in [6.07, 6.45) is 2.08. The smallest absolute Gasteiger partial charge is 0.284 e. The molecular formula is C13H17N3O4. The van der Waals surface area contributed by atoms with Gasteiger partial charge in [-0.2, -0.15) is 0 Å². The van der Waals surface area contributed by atoms with Gasteiger partial charge in [0.15, 0.2) is 0 Å². The zero-order valence-corrected chi connectivity index (χ0v) is 10.9. The molecule has 1 aromatic carbocycles. The fraction of sp³-hybridized carbons (Fsp3) is 0.462. The lowest BCUT2D eigenvalue weighted by Gasteiger charge is -2.15. The number of hydrogen-bond donors (Lipinski definition) is 3. The normalized spacial score (nSPS) is 21.6. The van der Waals surface area contributed by atoms with Crippen molar-refractivity contribution in [1.29, 1.82) is 0 Å². The van der Waals surface area contributed by atoms with Crippen LogP contribution in [-0.2, 0) is 0 Å². The Morgan fingerprint density at radius 3 is 2.85 bits per heavy atom. The summed E-state index contributed by atoms with van der Waals surface area (Å²) in [7, 11) is 0. The Morgan fingerprint density at radius 1 is 1.50 bits per heavy atom. The van der Waals surface area contributed by atoms with Crippen LogP contribution in [0.25, 0.3) is 0 Å². The summed E-state index contributed by atoms with van der Waals surface area (Å²) in [5, 5.41) is 23.2. The average Bonchev–Trinajstić information content (AvgIpc) is 2.81. The first kappa shape index (κ1) is 14.3. The van der Waals surface area contributed by atoms with Crippen LogP contribution in [0.3, 0.4) is 0 Å². The van der Waals surface area contributed by atoms with Crippen molar-refractivity contribution < 1.29 is 14.8 Å². The van der Waals surface area contributed by atoms with Crippen LogP contribution >= 0.6 is 0 Å². The molecule has 0 radical (unpaired) electrons. The molecule has 2 atom stereocenters. The topological polar surface area (TPSA) is 118 Å². The monoisotopic (exact) mass is 279 g/mol. The molecule has 1 amide bonds. The fourth-order valence-corrected chi connectivity index (χ4v) is 2.52. The van der Waals surface area contributed by atoms with Crippen molar-refractivity contribution >= 4 is 17.3 Å². The van der Waals surface area contributed by atoms with Crippen molar-refractivity contribution in [1.82, 2.24) is 5.32 Å². The number of amides is 1. The first-order valence-electron chi connectivity index (χ1n) is 6.50. The summed E-state index contributed by atoms with van der Waals surface area (Å²) < 4.78 is 0. The molecule has 0 aromatic heterocycles. The van der Waals surface area contributed by atoms with Gasteiger partial charge in [0.05, 0.1) is 16.7 Å². The van der Waals surface area contributed by atoms with Gasteiger partial charge < -0.3 is 16.2 Å². The molecular weight excluding hydrogens is 262 g/mol. The number of aliphatic hydroxyl groups is 1. The van der Waals surface area contributed by atoms with Gasteiger partial charge in [-0.05, 0) is 18.9 Å². The maximum atomic E-state index is 12.1. The number of anilines is 1. The van der Waals surface area contributed by atoms with Gasteiger partial charge in [0.1, 0.15) is 5.56 Å². The molecule has 0 bridgehead atoms. The zero-order valence-electron chi connectivity index (χ0n) is 10.9. The number of nitrogens with zero attached hydrogens (tertiary/aromatic N) is 1. The molecule has 4 N–H and O–H groups in total. The second-order valence-electron chi connectivity index (χ2n) is 4.97. The van der Waals surface area contributed by atoms with E-state index in [0.29, 0.717) is 6.54 Å². The van der Waals surface area contributed by atoms with Crippen LogP contribution in [-0.4, -0.2) is 28.6 Å². The first-order chi connectivity index (χ1) is 9.50. The second kappa shape index (κ2) is 5.87. The predicted molar refractivity (Wildman–Crippen MR) is 73.2 cm³/mol. The Balaban J connectivity index is 2.11. The number of nitrogens with two attached hydrogens (primary N) is 1. The van der Waals surface area contributed by atoms with Crippen LogP contribution in [0.1, 0.15) is 29.6 Å². The lowest BCUT2D eigenvalue weighted by Crippen LogP contribution is -2.33. The van der Waals surface area contributed by atoms with Gasteiger partial charge in [-0.25, -0.2) is 0 Å². The van der Waals surface area contributed by atoms with Gasteiger partial charge in [-0.1, -0.05) is 12.5 Å². The molecule has 108 valence electrons. The molecule has 0 saturated heterocycles. The van der Waals surface area contributed by atoms with Crippen LogP contribution < -0.4 is 11.1 Å². The third-order valence-corrected chi connectivity index (χ3v) is 3.64. The fourth-order valence-electron chi connectivity index (χ4n) is 2.52. The Labute approximate surface area is 115 Å². The van der Waals surface area contributed by atoms with Gasteiger partial charge >= 0.3 is 0 Å². The number of nitro benzene ring substituents is 1. The molecule has 2 rings (SSSR count). The van der Waals surface area contributed by atoms with Crippen molar-refractivity contribution in [2.24, 2.45) is 5.92 Å².